The number of nitrogens with one attached hydrogen (secondary N) is 1. The second-order valence-electron chi connectivity index (χ2n) is 3.64. The lowest BCUT2D eigenvalue weighted by Gasteiger charge is -2.28. The van der Waals surface area contributed by atoms with Gasteiger partial charge in [-0.3, -0.25) is 0 Å². The van der Waals surface area contributed by atoms with Gasteiger partial charge in [-0.05, 0) is 12.1 Å². The van der Waals surface area contributed by atoms with E-state index in [9.17, 15) is 13.2 Å². The van der Waals surface area contributed by atoms with Gasteiger partial charge in [0.1, 0.15) is 5.82 Å². The highest BCUT2D eigenvalue weighted by Crippen LogP contribution is 2.29. The molecule has 0 radical (unpaired) electrons. The second kappa shape index (κ2) is 7.01. The molecule has 8 heteroatoms. The van der Waals surface area contributed by atoms with Crippen LogP contribution in [0.25, 0.3) is 0 Å². The van der Waals surface area contributed by atoms with E-state index in [1.807, 2.05) is 4.90 Å². The molecule has 1 fully saturated rings. The first-order valence-electron chi connectivity index (χ1n) is 5.06. The average molecular weight is 304 g/mol. The van der Waals surface area contributed by atoms with Crippen molar-refractivity contribution in [1.82, 2.24) is 10.3 Å². The van der Waals surface area contributed by atoms with Crippen LogP contribution in [0.2, 0.25) is 0 Å². The molecule has 1 aromatic rings. The van der Waals surface area contributed by atoms with Crippen LogP contribution in [-0.4, -0.2) is 31.2 Å². The SMILES string of the molecule is Cl.Cl.FC(F)(F)c1ccc(N2CCNCC2)nc1. The van der Waals surface area contributed by atoms with Crippen LogP contribution in [0.1, 0.15) is 5.56 Å². The van der Waals surface area contributed by atoms with Gasteiger partial charge in [0.2, 0.25) is 0 Å². The molecule has 1 aliphatic rings. The molecule has 0 atom stereocenters. The molecular weight excluding hydrogens is 290 g/mol. The summed E-state index contributed by atoms with van der Waals surface area (Å²) in [6, 6.07) is 2.50. The van der Waals surface area contributed by atoms with E-state index >= 15 is 0 Å². The van der Waals surface area contributed by atoms with Crippen molar-refractivity contribution in [1.29, 1.82) is 0 Å². The van der Waals surface area contributed by atoms with Crippen molar-refractivity contribution in [3.05, 3.63) is 23.9 Å². The van der Waals surface area contributed by atoms with Crippen LogP contribution in [0.15, 0.2) is 18.3 Å². The smallest absolute Gasteiger partial charge is 0.354 e. The molecule has 3 nitrogen and oxygen atoms in total. The van der Waals surface area contributed by atoms with Crippen molar-refractivity contribution in [3.63, 3.8) is 0 Å². The fourth-order valence-electron chi connectivity index (χ4n) is 1.63. The average Bonchev–Trinajstić information content (AvgIpc) is 2.29. The minimum atomic E-state index is -4.31. The summed E-state index contributed by atoms with van der Waals surface area (Å²) in [7, 11) is 0. The molecule has 2 rings (SSSR count). The number of hydrogen-bond acceptors (Lipinski definition) is 3. The van der Waals surface area contributed by atoms with Crippen LogP contribution >= 0.6 is 24.8 Å². The highest BCUT2D eigenvalue weighted by Gasteiger charge is 2.30. The maximum absolute atomic E-state index is 12.3. The molecule has 1 aromatic heterocycles. The van der Waals surface area contributed by atoms with Crippen molar-refractivity contribution < 1.29 is 13.2 Å². The minimum absolute atomic E-state index is 0. The number of anilines is 1. The lowest BCUT2D eigenvalue weighted by molar-refractivity contribution is -0.137. The lowest BCUT2D eigenvalue weighted by Crippen LogP contribution is -2.43. The van der Waals surface area contributed by atoms with Crippen LogP contribution in [0.4, 0.5) is 19.0 Å². The molecule has 0 unspecified atom stereocenters. The van der Waals surface area contributed by atoms with Gasteiger partial charge in [0.25, 0.3) is 0 Å². The molecule has 1 N–H and O–H groups in total. The van der Waals surface area contributed by atoms with Gasteiger partial charge in [0, 0.05) is 32.4 Å². The van der Waals surface area contributed by atoms with E-state index in [1.54, 1.807) is 0 Å². The maximum atomic E-state index is 12.3. The van der Waals surface area contributed by atoms with Crippen molar-refractivity contribution >= 4 is 30.6 Å². The largest absolute Gasteiger partial charge is 0.417 e. The van der Waals surface area contributed by atoms with E-state index in [1.165, 1.54) is 6.07 Å². The number of pyridine rings is 1. The molecule has 0 aromatic carbocycles. The Balaban J connectivity index is 0.00000144. The summed E-state index contributed by atoms with van der Waals surface area (Å²) < 4.78 is 36.9. The molecule has 104 valence electrons. The molecule has 2 heterocycles. The summed E-state index contributed by atoms with van der Waals surface area (Å²) in [5, 5.41) is 3.17. The highest BCUT2D eigenvalue weighted by molar-refractivity contribution is 5.85. The minimum Gasteiger partial charge on any atom is -0.354 e. The Hall–Kier alpha value is -0.720. The number of rotatable bonds is 1. The predicted octanol–water partition coefficient (Wildman–Crippen LogP) is 2.35. The molecular formula is C10H14Cl2F3N3. The predicted molar refractivity (Wildman–Crippen MR) is 68.8 cm³/mol. The normalized spacial score (nSPS) is 15.6. The number of alkyl halides is 3. The zero-order chi connectivity index (χ0) is 11.6. The number of nitrogens with zero attached hydrogens (tertiary/aromatic N) is 2. The van der Waals surface area contributed by atoms with Crippen LogP contribution in [0.5, 0.6) is 0 Å². The third kappa shape index (κ3) is 4.19. The van der Waals surface area contributed by atoms with Crippen LogP contribution in [-0.2, 0) is 6.18 Å². The summed E-state index contributed by atoms with van der Waals surface area (Å²) in [6.45, 7) is 3.22. The third-order valence-electron chi connectivity index (χ3n) is 2.52. The van der Waals surface area contributed by atoms with Crippen molar-refractivity contribution in [3.8, 4) is 0 Å². The first kappa shape index (κ1) is 17.3. The number of halogens is 5. The highest BCUT2D eigenvalue weighted by atomic mass is 35.5. The van der Waals surface area contributed by atoms with Gasteiger partial charge < -0.3 is 10.2 Å². The molecule has 0 saturated carbocycles. The molecule has 0 amide bonds. The van der Waals surface area contributed by atoms with Gasteiger partial charge in [-0.25, -0.2) is 4.98 Å². The van der Waals surface area contributed by atoms with E-state index in [-0.39, 0.29) is 24.8 Å². The Morgan fingerprint density at radius 1 is 1.11 bits per heavy atom. The van der Waals surface area contributed by atoms with E-state index < -0.39 is 11.7 Å². The molecule has 18 heavy (non-hydrogen) atoms. The van der Waals surface area contributed by atoms with Crippen molar-refractivity contribution in [2.75, 3.05) is 31.1 Å². The number of hydrogen-bond donors (Lipinski definition) is 1. The van der Waals surface area contributed by atoms with E-state index in [4.69, 9.17) is 0 Å². The lowest BCUT2D eigenvalue weighted by atomic mass is 10.2. The van der Waals surface area contributed by atoms with Gasteiger partial charge in [0.05, 0.1) is 5.56 Å². The Kier molecular flexibility index (Phi) is 6.73. The van der Waals surface area contributed by atoms with Crippen molar-refractivity contribution in [2.24, 2.45) is 0 Å². The molecule has 1 aliphatic heterocycles. The first-order valence-corrected chi connectivity index (χ1v) is 5.06. The number of piperazine rings is 1. The zero-order valence-electron chi connectivity index (χ0n) is 9.41. The summed E-state index contributed by atoms with van der Waals surface area (Å²) in [6.07, 6.45) is -3.42. The maximum Gasteiger partial charge on any atom is 0.417 e. The third-order valence-corrected chi connectivity index (χ3v) is 2.52. The van der Waals surface area contributed by atoms with Crippen LogP contribution in [0, 0.1) is 0 Å². The Morgan fingerprint density at radius 3 is 2.17 bits per heavy atom. The Morgan fingerprint density at radius 2 is 1.72 bits per heavy atom. The summed E-state index contributed by atoms with van der Waals surface area (Å²) in [5.41, 5.74) is -0.702. The van der Waals surface area contributed by atoms with E-state index in [2.05, 4.69) is 10.3 Å². The molecule has 0 bridgehead atoms. The van der Waals surface area contributed by atoms with E-state index in [0.29, 0.717) is 5.82 Å². The van der Waals surface area contributed by atoms with Crippen LogP contribution in [0.3, 0.4) is 0 Å². The standard InChI is InChI=1S/C10H12F3N3.2ClH/c11-10(12,13)8-1-2-9(15-7-8)16-5-3-14-4-6-16;;/h1-2,7,14H,3-6H2;2*1H. The Bertz CT molecular complexity index is 350. The van der Waals surface area contributed by atoms with Gasteiger partial charge in [-0.1, -0.05) is 0 Å². The number of aromatic nitrogens is 1. The topological polar surface area (TPSA) is 28.2 Å². The van der Waals surface area contributed by atoms with E-state index in [0.717, 1.165) is 38.4 Å². The van der Waals surface area contributed by atoms with Gasteiger partial charge in [0.15, 0.2) is 0 Å². The Labute approximate surface area is 116 Å². The molecule has 1 saturated heterocycles. The summed E-state index contributed by atoms with van der Waals surface area (Å²) in [5.74, 6) is 0.606. The quantitative estimate of drug-likeness (QED) is 0.863. The second-order valence-corrected chi connectivity index (χ2v) is 3.64. The van der Waals surface area contributed by atoms with Crippen molar-refractivity contribution in [2.45, 2.75) is 6.18 Å². The molecule has 0 aliphatic carbocycles. The molecule has 0 spiro atoms. The monoisotopic (exact) mass is 303 g/mol. The van der Waals surface area contributed by atoms with Gasteiger partial charge in [-0.2, -0.15) is 13.2 Å². The zero-order valence-corrected chi connectivity index (χ0v) is 11.0. The summed E-state index contributed by atoms with van der Waals surface area (Å²) >= 11 is 0. The summed E-state index contributed by atoms with van der Waals surface area (Å²) in [4.78, 5) is 5.82. The first-order chi connectivity index (χ1) is 7.57. The fraction of sp³-hybridized carbons (Fsp3) is 0.500. The van der Waals surface area contributed by atoms with Gasteiger partial charge in [-0.15, -0.1) is 24.8 Å². The fourth-order valence-corrected chi connectivity index (χ4v) is 1.63. The van der Waals surface area contributed by atoms with Gasteiger partial charge >= 0.3 is 6.18 Å². The van der Waals surface area contributed by atoms with Crippen LogP contribution < -0.4 is 10.2 Å².